The van der Waals surface area contributed by atoms with E-state index >= 15 is 0 Å². The Labute approximate surface area is 355 Å². The van der Waals surface area contributed by atoms with E-state index in [0.717, 1.165) is 12.1 Å². The molecule has 1 aromatic rings. The summed E-state index contributed by atoms with van der Waals surface area (Å²) in [5, 5.41) is 31.4. The summed E-state index contributed by atoms with van der Waals surface area (Å²) in [5.41, 5.74) is -4.10. The van der Waals surface area contributed by atoms with Gasteiger partial charge in [-0.3, -0.25) is 14.4 Å². The van der Waals surface area contributed by atoms with Crippen LogP contribution in [0.1, 0.15) is 92.1 Å². The van der Waals surface area contributed by atoms with Crippen LogP contribution in [0.25, 0.3) is 0 Å². The van der Waals surface area contributed by atoms with E-state index in [1.165, 1.54) is 25.1 Å². The molecule has 0 heterocycles. The molecule has 3 N–H and O–H groups in total. The van der Waals surface area contributed by atoms with E-state index in [2.05, 4.69) is 11.8 Å². The summed E-state index contributed by atoms with van der Waals surface area (Å²) < 4.78 is 70.7. The highest BCUT2D eigenvalue weighted by molar-refractivity contribution is 5.77. The molecule has 6 atom stereocenters. The smallest absolute Gasteiger partial charge is 0.491 e. The number of benzene rings is 1. The van der Waals surface area contributed by atoms with Gasteiger partial charge >= 0.3 is 30.2 Å². The van der Waals surface area contributed by atoms with Crippen molar-refractivity contribution in [1.29, 1.82) is 0 Å². The zero-order valence-electron chi connectivity index (χ0n) is 35.6. The number of carbonyl (C=O) groups is 4. The SMILES string of the molecule is C#CCC(C)(C)C(=O)OCC(C)(COC(=O)OC(C)OC(=O)CCC/C=C\C[C@@H]1[C@@H](/C=C/[C@@H](O)COc2cccc(C(F)(F)F)c2)[C@H](O)C[C@@H]1O)COC(=O)C(C)(C)CC#C. The van der Waals surface area contributed by atoms with Crippen LogP contribution in [0.4, 0.5) is 18.0 Å². The number of aliphatic hydroxyl groups excluding tert-OH is 3. The number of alkyl halides is 3. The molecule has 1 saturated carbocycles. The first-order valence-electron chi connectivity index (χ1n) is 19.8. The molecular weight excluding hydrogens is 805 g/mol. The Morgan fingerprint density at radius 1 is 0.885 bits per heavy atom. The Kier molecular flexibility index (Phi) is 20.4. The van der Waals surface area contributed by atoms with Gasteiger partial charge < -0.3 is 43.7 Å². The van der Waals surface area contributed by atoms with Gasteiger partial charge in [0.15, 0.2) is 0 Å². The maximum atomic E-state index is 13.0. The van der Waals surface area contributed by atoms with Gasteiger partial charge in [-0.2, -0.15) is 13.2 Å². The van der Waals surface area contributed by atoms with E-state index in [4.69, 9.17) is 41.3 Å². The standard InChI is InChI=1S/C45H59F3O13/c1-9-22-42(4,5)39(53)57-27-44(8,28-58-40(54)43(6,7)23-10-2)29-59-41(55)61-30(3)60-38(52)19-14-12-11-13-18-34-35(37(51)25-36(34)50)21-20-32(49)26-56-33-17-15-16-31(24-33)45(46,47)48/h1-2,11,13,15-17,20-21,24,30,32,34-37,49-51H,12,14,18-19,22-23,25-29H2,3-8H3/b13-11-,21-20+/t30?,32-,34-,35-,36+,37-/m1/s1. The lowest BCUT2D eigenvalue weighted by Crippen LogP contribution is -2.40. The molecule has 16 heteroatoms. The Hall–Kier alpha value is -5.03. The summed E-state index contributed by atoms with van der Waals surface area (Å²) in [7, 11) is 0. The molecule has 0 aliphatic heterocycles. The van der Waals surface area contributed by atoms with Gasteiger partial charge in [0, 0.05) is 38.5 Å². The van der Waals surface area contributed by atoms with Gasteiger partial charge in [0.1, 0.15) is 38.3 Å². The van der Waals surface area contributed by atoms with Gasteiger partial charge in [0.25, 0.3) is 0 Å². The Balaban J connectivity index is 1.82. The number of hydrogen-bond donors (Lipinski definition) is 3. The average Bonchev–Trinajstić information content (AvgIpc) is 3.44. The maximum Gasteiger partial charge on any atom is 0.511 e. The van der Waals surface area contributed by atoms with Crippen molar-refractivity contribution in [2.75, 3.05) is 26.4 Å². The van der Waals surface area contributed by atoms with Crippen molar-refractivity contribution in [3.63, 3.8) is 0 Å². The number of ether oxygens (including phenoxy) is 6. The number of halogens is 3. The second-order valence-electron chi connectivity index (χ2n) is 16.7. The summed E-state index contributed by atoms with van der Waals surface area (Å²) in [6.07, 6.45) is 8.84. The highest BCUT2D eigenvalue weighted by Gasteiger charge is 2.40. The predicted molar refractivity (Wildman–Crippen MR) is 216 cm³/mol. The zero-order chi connectivity index (χ0) is 46.0. The summed E-state index contributed by atoms with van der Waals surface area (Å²) in [5.74, 6) is 2.01. The second kappa shape index (κ2) is 23.8. The minimum absolute atomic E-state index is 0.0233. The summed E-state index contributed by atoms with van der Waals surface area (Å²) >= 11 is 0. The summed E-state index contributed by atoms with van der Waals surface area (Å²) in [6, 6.07) is 4.27. The normalized spacial score (nSPS) is 19.4. The number of unbranched alkanes of at least 4 members (excludes halogenated alkanes) is 1. The van der Waals surface area contributed by atoms with E-state index in [1.807, 2.05) is 0 Å². The van der Waals surface area contributed by atoms with Crippen LogP contribution in [0, 0.1) is 52.8 Å². The maximum absolute atomic E-state index is 13.0. The van der Waals surface area contributed by atoms with Gasteiger partial charge in [-0.15, -0.1) is 24.7 Å². The Bertz CT molecular complexity index is 1710. The number of allylic oxidation sites excluding steroid dienone is 2. The first kappa shape index (κ1) is 52.1. The fraction of sp³-hybridized carbons (Fsp3) is 0.600. The van der Waals surface area contributed by atoms with Crippen LogP contribution in [0.5, 0.6) is 5.75 Å². The summed E-state index contributed by atoms with van der Waals surface area (Å²) in [4.78, 5) is 50.4. The topological polar surface area (TPSA) is 184 Å². The number of terminal acetylenes is 2. The van der Waals surface area contributed by atoms with Crippen molar-refractivity contribution >= 4 is 24.1 Å². The third kappa shape index (κ3) is 18.2. The molecule has 1 aromatic carbocycles. The van der Waals surface area contributed by atoms with E-state index in [-0.39, 0.29) is 57.2 Å². The molecule has 0 saturated heterocycles. The van der Waals surface area contributed by atoms with Gasteiger partial charge in [0.05, 0.1) is 34.0 Å². The molecule has 0 aromatic heterocycles. The molecule has 1 aliphatic carbocycles. The molecule has 0 spiro atoms. The van der Waals surface area contributed by atoms with Crippen molar-refractivity contribution in [2.24, 2.45) is 28.1 Å². The number of esters is 3. The molecule has 2 rings (SSSR count). The van der Waals surface area contributed by atoms with Gasteiger partial charge in [-0.25, -0.2) is 4.79 Å². The molecule has 1 unspecified atom stereocenters. The predicted octanol–water partition coefficient (Wildman–Crippen LogP) is 6.71. The lowest BCUT2D eigenvalue weighted by Gasteiger charge is -2.31. The Morgan fingerprint density at radius 3 is 2.05 bits per heavy atom. The first-order valence-corrected chi connectivity index (χ1v) is 19.8. The monoisotopic (exact) mass is 864 g/mol. The van der Waals surface area contributed by atoms with E-state index in [9.17, 15) is 47.7 Å². The highest BCUT2D eigenvalue weighted by atomic mass is 19.4. The van der Waals surface area contributed by atoms with Crippen molar-refractivity contribution < 1.29 is 76.1 Å². The lowest BCUT2D eigenvalue weighted by molar-refractivity contribution is -0.170. The minimum Gasteiger partial charge on any atom is -0.491 e. The van der Waals surface area contributed by atoms with E-state index in [0.29, 0.717) is 19.3 Å². The first-order chi connectivity index (χ1) is 28.4. The van der Waals surface area contributed by atoms with Crippen LogP contribution in [0.3, 0.4) is 0 Å². The molecule has 13 nitrogen and oxygen atoms in total. The van der Waals surface area contributed by atoms with Crippen molar-refractivity contribution in [3.8, 4) is 30.4 Å². The van der Waals surface area contributed by atoms with Gasteiger partial charge in [-0.05, 0) is 78.0 Å². The molecule has 0 radical (unpaired) electrons. The lowest BCUT2D eigenvalue weighted by atomic mass is 9.89. The molecule has 1 fully saturated rings. The average molecular weight is 865 g/mol. The van der Waals surface area contributed by atoms with Crippen LogP contribution in [-0.4, -0.2) is 90.4 Å². The molecule has 0 bridgehead atoms. The van der Waals surface area contributed by atoms with Gasteiger partial charge in [-0.1, -0.05) is 30.4 Å². The Morgan fingerprint density at radius 2 is 1.48 bits per heavy atom. The van der Waals surface area contributed by atoms with E-state index < -0.39 is 89.2 Å². The summed E-state index contributed by atoms with van der Waals surface area (Å²) in [6.45, 7) is 7.97. The third-order valence-corrected chi connectivity index (χ3v) is 9.77. The number of aliphatic hydroxyl groups is 3. The molecule has 1 aliphatic rings. The number of rotatable bonds is 23. The van der Waals surface area contributed by atoms with Crippen molar-refractivity contribution in [3.05, 3.63) is 54.1 Å². The second-order valence-corrected chi connectivity index (χ2v) is 16.7. The number of hydrogen-bond acceptors (Lipinski definition) is 13. The zero-order valence-corrected chi connectivity index (χ0v) is 35.6. The molecule has 0 amide bonds. The van der Waals surface area contributed by atoms with Crippen LogP contribution in [-0.2, 0) is 44.2 Å². The molecular formula is C45H59F3O13. The minimum atomic E-state index is -4.54. The molecule has 338 valence electrons. The van der Waals surface area contributed by atoms with Gasteiger partial charge in [0.2, 0.25) is 6.29 Å². The van der Waals surface area contributed by atoms with Crippen molar-refractivity contribution in [1.82, 2.24) is 0 Å². The van der Waals surface area contributed by atoms with Crippen molar-refractivity contribution in [2.45, 2.75) is 117 Å². The van der Waals surface area contributed by atoms with Crippen LogP contribution >= 0.6 is 0 Å². The van der Waals surface area contributed by atoms with Crippen LogP contribution < -0.4 is 4.74 Å². The van der Waals surface area contributed by atoms with E-state index in [1.54, 1.807) is 52.8 Å². The van der Waals surface area contributed by atoms with Crippen LogP contribution in [0.2, 0.25) is 0 Å². The largest absolute Gasteiger partial charge is 0.511 e. The third-order valence-electron chi connectivity index (χ3n) is 9.77. The molecule has 61 heavy (non-hydrogen) atoms. The van der Waals surface area contributed by atoms with Crippen LogP contribution in [0.15, 0.2) is 48.6 Å². The fourth-order valence-corrected chi connectivity index (χ4v) is 6.02. The fourth-order valence-electron chi connectivity index (χ4n) is 6.02. The number of carbonyl (C=O) groups excluding carboxylic acids is 4. The quantitative estimate of drug-likeness (QED) is 0.0264. The highest BCUT2D eigenvalue weighted by Crippen LogP contribution is 2.37.